The van der Waals surface area contributed by atoms with Crippen molar-refractivity contribution in [3.8, 4) is 0 Å². The van der Waals surface area contributed by atoms with Crippen molar-refractivity contribution >= 4 is 17.7 Å². The van der Waals surface area contributed by atoms with E-state index in [2.05, 4.69) is 27.5 Å². The van der Waals surface area contributed by atoms with Crippen molar-refractivity contribution in [3.05, 3.63) is 11.8 Å². The molecule has 0 bridgehead atoms. The van der Waals surface area contributed by atoms with Crippen LogP contribution in [0.2, 0.25) is 0 Å². The van der Waals surface area contributed by atoms with E-state index < -0.39 is 5.91 Å². The molecule has 0 radical (unpaired) electrons. The number of aromatic nitrogens is 2. The maximum Gasteiger partial charge on any atom is 0.254 e. The van der Waals surface area contributed by atoms with Gasteiger partial charge in [0.1, 0.15) is 5.82 Å². The van der Waals surface area contributed by atoms with E-state index >= 15 is 0 Å². The first-order chi connectivity index (χ1) is 11.6. The normalized spacial score (nSPS) is 25.1. The molecule has 3 rings (SSSR count). The average molecular weight is 333 g/mol. The average Bonchev–Trinajstić information content (AvgIpc) is 3.40. The predicted molar refractivity (Wildman–Crippen MR) is 93.0 cm³/mol. The molecule has 1 amide bonds. The number of anilines is 2. The van der Waals surface area contributed by atoms with E-state index in [9.17, 15) is 4.79 Å². The summed E-state index contributed by atoms with van der Waals surface area (Å²) in [6.45, 7) is 2.11. The number of carbonyl (C=O) groups is 1. The van der Waals surface area contributed by atoms with Crippen LogP contribution in [-0.2, 0) is 4.74 Å². The van der Waals surface area contributed by atoms with Gasteiger partial charge >= 0.3 is 0 Å². The smallest absolute Gasteiger partial charge is 0.254 e. The Kier molecular flexibility index (Phi) is 5.18. The van der Waals surface area contributed by atoms with Gasteiger partial charge in [0, 0.05) is 25.4 Å². The molecule has 0 aromatic carbocycles. The van der Waals surface area contributed by atoms with Gasteiger partial charge in [0.2, 0.25) is 5.95 Å². The lowest BCUT2D eigenvalue weighted by Crippen LogP contribution is -2.30. The lowest BCUT2D eigenvalue weighted by Gasteiger charge is -2.28. The van der Waals surface area contributed by atoms with Crippen molar-refractivity contribution in [2.75, 3.05) is 17.7 Å². The number of amides is 1. The third-order valence-electron chi connectivity index (χ3n) is 5.09. The topological polar surface area (TPSA) is 102 Å². The number of nitrogens with zero attached hydrogens (tertiary/aromatic N) is 2. The summed E-state index contributed by atoms with van der Waals surface area (Å²) in [6.07, 6.45) is 8.45. The molecular weight excluding hydrogens is 306 g/mol. The molecule has 1 atom stereocenters. The van der Waals surface area contributed by atoms with Gasteiger partial charge in [-0.2, -0.15) is 4.98 Å². The Bertz CT molecular complexity index is 582. The van der Waals surface area contributed by atoms with E-state index in [4.69, 9.17) is 10.5 Å². The van der Waals surface area contributed by atoms with Crippen LogP contribution in [0.1, 0.15) is 55.8 Å². The van der Waals surface area contributed by atoms with E-state index in [0.29, 0.717) is 35.4 Å². The minimum Gasteiger partial charge on any atom is -0.381 e. The van der Waals surface area contributed by atoms with Gasteiger partial charge in [-0.15, -0.1) is 0 Å². The molecule has 1 aromatic rings. The Morgan fingerprint density at radius 1 is 1.29 bits per heavy atom. The minimum atomic E-state index is -0.507. The second-order valence-electron chi connectivity index (χ2n) is 6.94. The van der Waals surface area contributed by atoms with Crippen molar-refractivity contribution in [1.82, 2.24) is 9.97 Å². The van der Waals surface area contributed by atoms with Crippen molar-refractivity contribution in [2.24, 2.45) is 11.7 Å². The van der Waals surface area contributed by atoms with Gasteiger partial charge in [-0.25, -0.2) is 4.98 Å². The molecule has 2 aliphatic rings. The highest BCUT2D eigenvalue weighted by molar-refractivity contribution is 5.97. The maximum absolute atomic E-state index is 11.6. The zero-order chi connectivity index (χ0) is 17.1. The Morgan fingerprint density at radius 3 is 2.58 bits per heavy atom. The highest BCUT2D eigenvalue weighted by Gasteiger charge is 2.29. The molecule has 7 nitrogen and oxygen atoms in total. The van der Waals surface area contributed by atoms with Crippen LogP contribution in [0.3, 0.4) is 0 Å². The number of carbonyl (C=O) groups excluding carboxylic acids is 1. The fourth-order valence-electron chi connectivity index (χ4n) is 3.30. The quantitative estimate of drug-likeness (QED) is 0.706. The van der Waals surface area contributed by atoms with Crippen LogP contribution in [0.15, 0.2) is 6.20 Å². The standard InChI is InChI=1S/C17H27N5O2/c1-10(11-3-4-11)20-16-14(15(18)23)9-19-17(22-16)21-12-5-7-13(24-2)8-6-12/h9-13H,3-8H2,1-2H3,(H2,18,23)(H2,19,20,21,22)/t10-,12?,13?/m1/s1. The van der Waals surface area contributed by atoms with Crippen LogP contribution in [0.5, 0.6) is 0 Å². The number of hydrogen-bond donors (Lipinski definition) is 3. The summed E-state index contributed by atoms with van der Waals surface area (Å²) in [5.74, 6) is 1.23. The van der Waals surface area contributed by atoms with Gasteiger partial charge in [-0.3, -0.25) is 4.79 Å². The molecule has 132 valence electrons. The Morgan fingerprint density at radius 2 is 2.00 bits per heavy atom. The predicted octanol–water partition coefficient (Wildman–Crippen LogP) is 2.16. The molecule has 2 aliphatic carbocycles. The molecule has 0 saturated heterocycles. The summed E-state index contributed by atoms with van der Waals surface area (Å²) >= 11 is 0. The maximum atomic E-state index is 11.6. The van der Waals surface area contributed by atoms with Gasteiger partial charge < -0.3 is 21.1 Å². The number of nitrogens with two attached hydrogens (primary N) is 1. The fourth-order valence-corrected chi connectivity index (χ4v) is 3.30. The summed E-state index contributed by atoms with van der Waals surface area (Å²) in [5.41, 5.74) is 5.80. The first-order valence-corrected chi connectivity index (χ1v) is 8.79. The summed E-state index contributed by atoms with van der Waals surface area (Å²) in [6, 6.07) is 0.618. The van der Waals surface area contributed by atoms with Crippen molar-refractivity contribution in [2.45, 2.75) is 63.6 Å². The third kappa shape index (κ3) is 4.14. The molecule has 1 heterocycles. The monoisotopic (exact) mass is 333 g/mol. The second kappa shape index (κ2) is 7.34. The van der Waals surface area contributed by atoms with E-state index in [-0.39, 0.29) is 6.04 Å². The summed E-state index contributed by atoms with van der Waals surface area (Å²) in [5, 5.41) is 6.72. The first kappa shape index (κ1) is 17.0. The number of primary amides is 1. The molecule has 7 heteroatoms. The van der Waals surface area contributed by atoms with Gasteiger partial charge in [0.25, 0.3) is 5.91 Å². The van der Waals surface area contributed by atoms with Crippen LogP contribution in [0.4, 0.5) is 11.8 Å². The van der Waals surface area contributed by atoms with E-state index in [0.717, 1.165) is 25.7 Å². The van der Waals surface area contributed by atoms with E-state index in [1.54, 1.807) is 7.11 Å². The molecule has 0 unspecified atom stereocenters. The largest absolute Gasteiger partial charge is 0.381 e. The summed E-state index contributed by atoms with van der Waals surface area (Å²) < 4.78 is 5.40. The molecule has 2 fully saturated rings. The molecule has 24 heavy (non-hydrogen) atoms. The van der Waals surface area contributed by atoms with Crippen LogP contribution in [-0.4, -0.2) is 41.2 Å². The number of methoxy groups -OCH3 is 1. The van der Waals surface area contributed by atoms with Crippen LogP contribution in [0, 0.1) is 5.92 Å². The minimum absolute atomic E-state index is 0.281. The van der Waals surface area contributed by atoms with Gasteiger partial charge in [0.15, 0.2) is 0 Å². The SMILES string of the molecule is COC1CCC(Nc2ncc(C(N)=O)c(N[C@H](C)C3CC3)n2)CC1. The van der Waals surface area contributed by atoms with Crippen LogP contribution in [0.25, 0.3) is 0 Å². The first-order valence-electron chi connectivity index (χ1n) is 8.79. The number of rotatable bonds is 7. The fraction of sp³-hybridized carbons (Fsp3) is 0.706. The van der Waals surface area contributed by atoms with Gasteiger partial charge in [-0.05, 0) is 51.4 Å². The summed E-state index contributed by atoms with van der Waals surface area (Å²) in [7, 11) is 1.77. The summed E-state index contributed by atoms with van der Waals surface area (Å²) in [4.78, 5) is 20.4. The van der Waals surface area contributed by atoms with E-state index in [1.807, 2.05) is 0 Å². The zero-order valence-electron chi connectivity index (χ0n) is 14.4. The molecule has 0 spiro atoms. The van der Waals surface area contributed by atoms with Gasteiger partial charge in [0.05, 0.1) is 11.7 Å². The molecule has 4 N–H and O–H groups in total. The Labute approximate surface area is 142 Å². The van der Waals surface area contributed by atoms with Gasteiger partial charge in [-0.1, -0.05) is 0 Å². The second-order valence-corrected chi connectivity index (χ2v) is 6.94. The molecular formula is C17H27N5O2. The Balaban J connectivity index is 1.68. The van der Waals surface area contributed by atoms with Crippen LogP contribution < -0.4 is 16.4 Å². The van der Waals surface area contributed by atoms with Crippen LogP contribution >= 0.6 is 0 Å². The van der Waals surface area contributed by atoms with E-state index in [1.165, 1.54) is 19.0 Å². The third-order valence-corrected chi connectivity index (χ3v) is 5.09. The molecule has 0 aliphatic heterocycles. The molecule has 2 saturated carbocycles. The van der Waals surface area contributed by atoms with Crippen molar-refractivity contribution in [3.63, 3.8) is 0 Å². The Hall–Kier alpha value is -1.89. The highest BCUT2D eigenvalue weighted by atomic mass is 16.5. The number of ether oxygens (including phenoxy) is 1. The van der Waals surface area contributed by atoms with Crippen molar-refractivity contribution in [1.29, 1.82) is 0 Å². The highest BCUT2D eigenvalue weighted by Crippen LogP contribution is 2.34. The lowest BCUT2D eigenvalue weighted by molar-refractivity contribution is 0.0681. The zero-order valence-corrected chi connectivity index (χ0v) is 14.4. The lowest BCUT2D eigenvalue weighted by atomic mass is 9.93. The number of hydrogen-bond acceptors (Lipinski definition) is 6. The van der Waals surface area contributed by atoms with Crippen molar-refractivity contribution < 1.29 is 9.53 Å². The molecule has 1 aromatic heterocycles. The number of nitrogens with one attached hydrogen (secondary N) is 2.